The van der Waals surface area contributed by atoms with Crippen LogP contribution in [0, 0.1) is 5.82 Å². The van der Waals surface area contributed by atoms with E-state index < -0.39 is 29.3 Å². The first-order valence-corrected chi connectivity index (χ1v) is 10.4. The summed E-state index contributed by atoms with van der Waals surface area (Å²) in [6.07, 6.45) is 4.52. The molecule has 4 rings (SSSR count). The zero-order valence-electron chi connectivity index (χ0n) is 17.2. The molecule has 0 bridgehead atoms. The summed E-state index contributed by atoms with van der Waals surface area (Å²) in [7, 11) is 1.38. The average molecular weight is 425 g/mol. The SMILES string of the molecule is COc1ccc(F)cc1/C(O)=C1\C(=O)C(=O)N(C2CCCCC2)C1c1ccc(O)cc1. The number of ketones is 1. The highest BCUT2D eigenvalue weighted by Crippen LogP contribution is 2.44. The molecule has 1 amide bonds. The molecule has 0 spiro atoms. The van der Waals surface area contributed by atoms with Crippen LogP contribution in [0.15, 0.2) is 48.0 Å². The minimum Gasteiger partial charge on any atom is -0.508 e. The number of likely N-dealkylation sites (tertiary alicyclic amines) is 1. The van der Waals surface area contributed by atoms with E-state index in [1.165, 1.54) is 31.4 Å². The molecule has 1 saturated carbocycles. The Hall–Kier alpha value is -3.35. The summed E-state index contributed by atoms with van der Waals surface area (Å²) in [5.74, 6) is -2.34. The molecule has 2 aromatic rings. The Morgan fingerprint density at radius 1 is 1.06 bits per heavy atom. The Kier molecular flexibility index (Phi) is 5.67. The van der Waals surface area contributed by atoms with E-state index in [4.69, 9.17) is 4.74 Å². The van der Waals surface area contributed by atoms with Crippen molar-refractivity contribution < 1.29 is 28.9 Å². The Labute approximate surface area is 179 Å². The van der Waals surface area contributed by atoms with Crippen LogP contribution >= 0.6 is 0 Å². The normalized spacial score (nSPS) is 21.5. The fourth-order valence-electron chi connectivity index (χ4n) is 4.58. The van der Waals surface area contributed by atoms with E-state index in [0.717, 1.165) is 38.2 Å². The molecular weight excluding hydrogens is 401 g/mol. The van der Waals surface area contributed by atoms with Crippen LogP contribution < -0.4 is 4.74 Å². The largest absolute Gasteiger partial charge is 0.508 e. The Balaban J connectivity index is 1.91. The van der Waals surface area contributed by atoms with Gasteiger partial charge in [-0.3, -0.25) is 9.59 Å². The van der Waals surface area contributed by atoms with Gasteiger partial charge in [0.2, 0.25) is 0 Å². The zero-order chi connectivity index (χ0) is 22.1. The summed E-state index contributed by atoms with van der Waals surface area (Å²) in [6.45, 7) is 0. The van der Waals surface area contributed by atoms with Crippen molar-refractivity contribution in [2.75, 3.05) is 7.11 Å². The van der Waals surface area contributed by atoms with E-state index in [1.807, 2.05) is 0 Å². The quantitative estimate of drug-likeness (QED) is 0.433. The van der Waals surface area contributed by atoms with Gasteiger partial charge in [-0.1, -0.05) is 31.4 Å². The number of amides is 1. The number of halogens is 1. The summed E-state index contributed by atoms with van der Waals surface area (Å²) in [6, 6.07) is 8.84. The number of carbonyl (C=O) groups excluding carboxylic acids is 2. The van der Waals surface area contributed by atoms with Crippen LogP contribution in [0.5, 0.6) is 11.5 Å². The number of Topliss-reactive ketones (excluding diaryl/α,β-unsaturated/α-hetero) is 1. The smallest absolute Gasteiger partial charge is 0.295 e. The predicted octanol–water partition coefficient (Wildman–Crippen LogP) is 4.29. The molecule has 1 atom stereocenters. The molecule has 1 heterocycles. The number of methoxy groups -OCH3 is 1. The third kappa shape index (κ3) is 3.76. The molecule has 1 aliphatic carbocycles. The molecule has 0 radical (unpaired) electrons. The van der Waals surface area contributed by atoms with Crippen molar-refractivity contribution in [3.63, 3.8) is 0 Å². The van der Waals surface area contributed by atoms with Gasteiger partial charge in [-0.15, -0.1) is 0 Å². The van der Waals surface area contributed by atoms with Gasteiger partial charge < -0.3 is 19.8 Å². The molecule has 0 aromatic heterocycles. The molecule has 1 saturated heterocycles. The third-order valence-corrected chi connectivity index (χ3v) is 6.07. The van der Waals surface area contributed by atoms with Crippen molar-refractivity contribution in [3.05, 3.63) is 65.0 Å². The molecule has 2 aliphatic rings. The predicted molar refractivity (Wildman–Crippen MR) is 112 cm³/mol. The highest BCUT2D eigenvalue weighted by molar-refractivity contribution is 6.46. The standard InChI is InChI=1S/C24H24FNO5/c1-31-19-12-9-15(25)13-18(19)22(28)20-21(14-7-10-17(27)11-8-14)26(24(30)23(20)29)16-5-3-2-4-6-16/h7-13,16,21,27-28H,2-6H2,1H3/b22-20+. The number of rotatable bonds is 4. The summed E-state index contributed by atoms with van der Waals surface area (Å²) < 4.78 is 19.2. The number of nitrogens with zero attached hydrogens (tertiary/aromatic N) is 1. The highest BCUT2D eigenvalue weighted by Gasteiger charge is 2.49. The lowest BCUT2D eigenvalue weighted by Gasteiger charge is -2.35. The maximum Gasteiger partial charge on any atom is 0.295 e. The first-order valence-electron chi connectivity index (χ1n) is 10.4. The molecule has 162 valence electrons. The van der Waals surface area contributed by atoms with E-state index in [0.29, 0.717) is 5.56 Å². The zero-order valence-corrected chi connectivity index (χ0v) is 17.2. The summed E-state index contributed by atoms with van der Waals surface area (Å²) in [5, 5.41) is 20.8. The molecule has 6 nitrogen and oxygen atoms in total. The second-order valence-electron chi connectivity index (χ2n) is 7.93. The lowest BCUT2D eigenvalue weighted by molar-refractivity contribution is -0.141. The van der Waals surface area contributed by atoms with Crippen LogP contribution in [0.3, 0.4) is 0 Å². The Morgan fingerprint density at radius 3 is 2.39 bits per heavy atom. The minimum absolute atomic E-state index is 0.00734. The number of hydrogen-bond donors (Lipinski definition) is 2. The van der Waals surface area contributed by atoms with Crippen LogP contribution in [0.1, 0.15) is 49.3 Å². The topological polar surface area (TPSA) is 87.1 Å². The molecule has 7 heteroatoms. The molecule has 2 fully saturated rings. The van der Waals surface area contributed by atoms with Crippen LogP contribution in [-0.4, -0.2) is 40.0 Å². The number of aliphatic hydroxyl groups excluding tert-OH is 1. The van der Waals surface area contributed by atoms with E-state index in [-0.39, 0.29) is 28.7 Å². The summed E-state index contributed by atoms with van der Waals surface area (Å²) in [4.78, 5) is 27.8. The number of benzene rings is 2. The van der Waals surface area contributed by atoms with Crippen LogP contribution in [0.25, 0.3) is 5.76 Å². The maximum atomic E-state index is 14.0. The fraction of sp³-hybridized carbons (Fsp3) is 0.333. The highest BCUT2D eigenvalue weighted by atomic mass is 19.1. The first-order chi connectivity index (χ1) is 14.9. The van der Waals surface area contributed by atoms with Gasteiger partial charge in [0, 0.05) is 6.04 Å². The van der Waals surface area contributed by atoms with E-state index in [1.54, 1.807) is 17.0 Å². The summed E-state index contributed by atoms with van der Waals surface area (Å²) >= 11 is 0. The van der Waals surface area contributed by atoms with Gasteiger partial charge in [-0.05, 0) is 48.7 Å². The molecular formula is C24H24FNO5. The second-order valence-corrected chi connectivity index (χ2v) is 7.93. The fourth-order valence-corrected chi connectivity index (χ4v) is 4.58. The molecule has 31 heavy (non-hydrogen) atoms. The Bertz CT molecular complexity index is 1040. The van der Waals surface area contributed by atoms with Crippen molar-refractivity contribution in [1.82, 2.24) is 4.90 Å². The number of phenols is 1. The van der Waals surface area contributed by atoms with Gasteiger partial charge in [0.15, 0.2) is 0 Å². The van der Waals surface area contributed by atoms with E-state index in [9.17, 15) is 24.2 Å². The molecule has 2 N–H and O–H groups in total. The molecule has 1 unspecified atom stereocenters. The van der Waals surface area contributed by atoms with Gasteiger partial charge in [-0.2, -0.15) is 0 Å². The summed E-state index contributed by atoms with van der Waals surface area (Å²) in [5.41, 5.74) is 0.484. The molecule has 1 aliphatic heterocycles. The maximum absolute atomic E-state index is 14.0. The van der Waals surface area contributed by atoms with Crippen molar-refractivity contribution in [3.8, 4) is 11.5 Å². The average Bonchev–Trinajstić information content (AvgIpc) is 3.05. The van der Waals surface area contributed by atoms with Gasteiger partial charge in [0.25, 0.3) is 11.7 Å². The lowest BCUT2D eigenvalue weighted by Crippen LogP contribution is -2.40. The van der Waals surface area contributed by atoms with Gasteiger partial charge in [0.05, 0.1) is 24.3 Å². The second kappa shape index (κ2) is 8.41. The Morgan fingerprint density at radius 2 is 1.74 bits per heavy atom. The van der Waals surface area contributed by atoms with Crippen molar-refractivity contribution >= 4 is 17.4 Å². The van der Waals surface area contributed by atoms with Crippen LogP contribution in [-0.2, 0) is 9.59 Å². The van der Waals surface area contributed by atoms with E-state index >= 15 is 0 Å². The van der Waals surface area contributed by atoms with Crippen molar-refractivity contribution in [1.29, 1.82) is 0 Å². The minimum atomic E-state index is -0.836. The molecule has 2 aromatic carbocycles. The number of aromatic hydroxyl groups is 1. The lowest BCUT2D eigenvalue weighted by atomic mass is 9.91. The van der Waals surface area contributed by atoms with Crippen molar-refractivity contribution in [2.24, 2.45) is 0 Å². The number of carbonyl (C=O) groups is 2. The van der Waals surface area contributed by atoms with Gasteiger partial charge >= 0.3 is 0 Å². The number of phenolic OH excluding ortho intramolecular Hbond substituents is 1. The first kappa shape index (κ1) is 20.9. The van der Waals surface area contributed by atoms with Crippen molar-refractivity contribution in [2.45, 2.75) is 44.2 Å². The van der Waals surface area contributed by atoms with Crippen LogP contribution in [0.4, 0.5) is 4.39 Å². The van der Waals surface area contributed by atoms with E-state index in [2.05, 4.69) is 0 Å². The van der Waals surface area contributed by atoms with Gasteiger partial charge in [0.1, 0.15) is 23.1 Å². The third-order valence-electron chi connectivity index (χ3n) is 6.07. The number of ether oxygens (including phenoxy) is 1. The number of aliphatic hydroxyl groups is 1. The van der Waals surface area contributed by atoms with Gasteiger partial charge in [-0.25, -0.2) is 4.39 Å². The van der Waals surface area contributed by atoms with Crippen LogP contribution in [0.2, 0.25) is 0 Å². The number of hydrogen-bond acceptors (Lipinski definition) is 5. The monoisotopic (exact) mass is 425 g/mol.